The molecule has 0 saturated carbocycles. The molecule has 2 aromatic heterocycles. The highest BCUT2D eigenvalue weighted by Crippen LogP contribution is 2.41. The number of hydrogen-bond acceptors (Lipinski definition) is 32. The van der Waals surface area contributed by atoms with Gasteiger partial charge in [-0.1, -0.05) is 62.2 Å². The molecule has 6 aromatic rings. The van der Waals surface area contributed by atoms with Gasteiger partial charge in [-0.25, -0.2) is 9.13 Å². The molecule has 0 bridgehead atoms. The Morgan fingerprint density at radius 1 is 0.362 bits per heavy atom. The molecule has 3 saturated heterocycles. The van der Waals surface area contributed by atoms with Crippen molar-refractivity contribution in [3.8, 4) is 69.2 Å². The van der Waals surface area contributed by atoms with E-state index in [-0.39, 0.29) is 193 Å². The average Bonchev–Trinajstić information content (AvgIpc) is 1.63. The predicted octanol–water partition coefficient (Wildman–Crippen LogP) is -0.514. The number of carbonyl (C=O) groups excluding carboxylic acids is 8. The summed E-state index contributed by atoms with van der Waals surface area (Å²) in [5, 5.41) is 154. The molecule has 0 spiro atoms. The second kappa shape index (κ2) is 53.1. The van der Waals surface area contributed by atoms with E-state index in [1.807, 2.05) is 52.0 Å². The number of carbonyl (C=O) groups is 14. The maximum atomic E-state index is 14.2. The van der Waals surface area contributed by atoms with Crippen molar-refractivity contribution in [2.24, 2.45) is 0 Å². The molecule has 138 heavy (non-hydrogen) atoms. The molecule has 48 nitrogen and oxygen atoms in total. The predicted molar refractivity (Wildman–Crippen MR) is 489 cm³/mol. The van der Waals surface area contributed by atoms with Gasteiger partial charge in [0.25, 0.3) is 0 Å². The molecule has 5 heterocycles. The molecule has 18 N–H and O–H groups in total. The lowest BCUT2D eigenvalue weighted by atomic mass is 9.98. The second-order valence-electron chi connectivity index (χ2n) is 34.4. The molecular weight excluding hydrogens is 1810 g/mol. The van der Waals surface area contributed by atoms with Crippen LogP contribution in [0.4, 0.5) is 0 Å². The zero-order chi connectivity index (χ0) is 100. The van der Waals surface area contributed by atoms with Crippen LogP contribution in [0.15, 0.2) is 72.8 Å². The minimum atomic E-state index is -1.64. The van der Waals surface area contributed by atoms with Gasteiger partial charge in [0.15, 0.2) is 11.6 Å². The SMILES string of the molecule is CC(C)c1cc(-c2nnc(O)n2-c2ccc(CN3CCN(C(=O)CCNC(=O)[C@@H](CCC(=O)N4CCN(Cc5ccc(-n6c(O)nnc6-c6cc(C(C)C)c(O)cc6O)cc5)CC4)NC(=O)CCNC(=O)[C@@H](CCC(=O)O)NC(=O)[C@@H](CCC(=O)O)NC(=O)COCCOCCNC(=O)CC[C@H](C(=O)O)N4CCN(CC(=O)O)CCN(CC(=O)O)CCN(CC(=O)O)CC4)CC3)cc2)c(O)cc1O. The van der Waals surface area contributed by atoms with Gasteiger partial charge in [0.2, 0.25) is 47.3 Å². The van der Waals surface area contributed by atoms with Crippen LogP contribution in [0.1, 0.15) is 126 Å². The van der Waals surface area contributed by atoms with Gasteiger partial charge in [0.1, 0.15) is 53.8 Å². The first-order valence-corrected chi connectivity index (χ1v) is 45.5. The molecule has 3 aliphatic rings. The molecule has 0 unspecified atom stereocenters. The first kappa shape index (κ1) is 108. The lowest BCUT2D eigenvalue weighted by Crippen LogP contribution is -2.54. The number of piperazine rings is 2. The third-order valence-corrected chi connectivity index (χ3v) is 23.6. The summed E-state index contributed by atoms with van der Waals surface area (Å²) in [6.07, 6.45) is -3.99. The minimum absolute atomic E-state index is 0.00241. The Kier molecular flexibility index (Phi) is 41.5. The third kappa shape index (κ3) is 33.6. The highest BCUT2D eigenvalue weighted by molar-refractivity contribution is 5.94. The number of carboxylic acids is 6. The van der Waals surface area contributed by atoms with Gasteiger partial charge in [0.05, 0.1) is 62.0 Å². The number of aromatic hydroxyl groups is 6. The zero-order valence-electron chi connectivity index (χ0n) is 77.4. The Bertz CT molecular complexity index is 5160. The molecule has 9 rings (SSSR count). The van der Waals surface area contributed by atoms with E-state index in [1.165, 1.54) is 36.0 Å². The number of amides is 8. The number of aliphatic carboxylic acids is 6. The van der Waals surface area contributed by atoms with Crippen LogP contribution in [-0.4, -0.2) is 408 Å². The van der Waals surface area contributed by atoms with Crippen molar-refractivity contribution in [3.05, 3.63) is 95.1 Å². The third-order valence-electron chi connectivity index (χ3n) is 23.6. The molecule has 3 aliphatic heterocycles. The van der Waals surface area contributed by atoms with Crippen molar-refractivity contribution in [2.75, 3.05) is 170 Å². The molecular formula is C90H124N20O28. The monoisotopic (exact) mass is 1930 g/mol. The van der Waals surface area contributed by atoms with E-state index in [2.05, 4.69) is 62.1 Å². The number of ether oxygens (including phenoxy) is 2. The minimum Gasteiger partial charge on any atom is -0.508 e. The van der Waals surface area contributed by atoms with Gasteiger partial charge in [-0.2, -0.15) is 0 Å². The Morgan fingerprint density at radius 2 is 0.754 bits per heavy atom. The molecule has 752 valence electrons. The number of hydrogen-bond donors (Lipinski definition) is 18. The number of phenolic OH excluding ortho intramolecular Hbond substituents is 4. The van der Waals surface area contributed by atoms with Crippen molar-refractivity contribution < 1.29 is 138 Å². The normalized spacial score (nSPS) is 15.6. The van der Waals surface area contributed by atoms with E-state index in [4.69, 9.17) is 9.47 Å². The van der Waals surface area contributed by atoms with Crippen molar-refractivity contribution in [3.63, 3.8) is 0 Å². The quantitative estimate of drug-likeness (QED) is 0.0214. The molecule has 0 aliphatic carbocycles. The van der Waals surface area contributed by atoms with E-state index in [0.29, 0.717) is 87.9 Å². The van der Waals surface area contributed by atoms with Crippen molar-refractivity contribution >= 4 is 83.1 Å². The van der Waals surface area contributed by atoms with E-state index in [0.717, 1.165) is 11.1 Å². The summed E-state index contributed by atoms with van der Waals surface area (Å²) in [6, 6.07) is 13.3. The summed E-state index contributed by atoms with van der Waals surface area (Å²) in [6.45, 7) is 9.09. The largest absolute Gasteiger partial charge is 0.508 e. The number of phenols is 4. The van der Waals surface area contributed by atoms with E-state index in [9.17, 15) is 128 Å². The summed E-state index contributed by atoms with van der Waals surface area (Å²) >= 11 is 0. The van der Waals surface area contributed by atoms with Gasteiger partial charge < -0.3 is 112 Å². The average molecular weight is 1930 g/mol. The molecule has 4 atom stereocenters. The highest BCUT2D eigenvalue weighted by Gasteiger charge is 2.35. The molecule has 4 aromatic carbocycles. The fourth-order valence-corrected chi connectivity index (χ4v) is 16.1. The van der Waals surface area contributed by atoms with Crippen LogP contribution in [-0.2, 0) is 89.7 Å². The summed E-state index contributed by atoms with van der Waals surface area (Å²) in [5.74, 6) is -13.9. The van der Waals surface area contributed by atoms with Crippen LogP contribution >= 0.6 is 0 Å². The number of nitrogens with one attached hydrogen (secondary N) is 6. The number of nitrogens with zero attached hydrogens (tertiary/aromatic N) is 14. The fraction of sp³-hybridized carbons (Fsp3) is 0.533. The molecule has 0 radical (unpaired) electrons. The van der Waals surface area contributed by atoms with Crippen molar-refractivity contribution in [1.29, 1.82) is 0 Å². The maximum absolute atomic E-state index is 14.2. The fourth-order valence-electron chi connectivity index (χ4n) is 16.1. The zero-order valence-corrected chi connectivity index (χ0v) is 77.4. The summed E-state index contributed by atoms with van der Waals surface area (Å²) in [7, 11) is 0. The Balaban J connectivity index is 0.747. The van der Waals surface area contributed by atoms with E-state index >= 15 is 0 Å². The van der Waals surface area contributed by atoms with Crippen LogP contribution in [0, 0.1) is 0 Å². The first-order chi connectivity index (χ1) is 65.8. The lowest BCUT2D eigenvalue weighted by molar-refractivity contribution is -0.145. The highest BCUT2D eigenvalue weighted by atomic mass is 16.5. The van der Waals surface area contributed by atoms with Crippen LogP contribution < -0.4 is 31.9 Å². The standard InChI is InChI=1S/C90H124N20O28/c1-55(2)61-45-63(71(113)47-69(61)111)83-97-99-89(135)109(83)59-9-5-57(6-10-59)49-101-32-38-107(39-33-101)76(118)18-13-65(85(130)93-24-22-77(119)108-40-34-102(35-41-108)50-58-7-11-60(12-8-58)110-84(98-100-90(110)136)64-46-62(56(3)4)70(112)48-72(64)114)94-74(116)21-23-92-86(131)66(14-19-78(120)121)96-87(132)67(15-20-79(122)123)95-75(117)54-138-44-43-137-42-25-91-73(115)17-16-68(88(133)134)106-36-30-104(52-81(126)127)28-26-103(51-80(124)125)27-29-105(31-37-106)53-82(128)129/h5-12,45-48,55-56,65-68,111-114H,13-44,49-54H2,1-4H3,(H,91,115)(H,92,131)(H,93,130)(H,94,116)(H,95,117)(H,96,132)(H,99,135)(H,100,136)(H,120,121)(H,122,123)(H,124,125)(H,126,127)(H,128,129)(H,133,134)/t65-,66-,67-,68-/m1/s1. The van der Waals surface area contributed by atoms with Gasteiger partial charge in [-0.3, -0.25) is 96.5 Å². The molecule has 3 fully saturated rings. The van der Waals surface area contributed by atoms with Crippen molar-refractivity contribution in [2.45, 2.75) is 141 Å². The number of benzene rings is 4. The Hall–Kier alpha value is -13.8. The molecule has 48 heteroatoms. The lowest BCUT2D eigenvalue weighted by Gasteiger charge is -2.35. The number of rotatable bonds is 50. The van der Waals surface area contributed by atoms with Crippen LogP contribution in [0.2, 0.25) is 0 Å². The van der Waals surface area contributed by atoms with Gasteiger partial charge in [-0.15, -0.1) is 10.2 Å². The maximum Gasteiger partial charge on any atom is 0.320 e. The number of aromatic nitrogens is 6. The summed E-state index contributed by atoms with van der Waals surface area (Å²) in [4.78, 5) is 195. The first-order valence-electron chi connectivity index (χ1n) is 45.5. The topological polar surface area (TPSA) is 660 Å². The second-order valence-corrected chi connectivity index (χ2v) is 34.4. The van der Waals surface area contributed by atoms with E-state index < -0.39 is 166 Å². The van der Waals surface area contributed by atoms with Gasteiger partial charge in [0, 0.05) is 188 Å². The van der Waals surface area contributed by atoms with E-state index in [1.54, 1.807) is 51.1 Å². The van der Waals surface area contributed by atoms with Gasteiger partial charge >= 0.3 is 47.8 Å². The summed E-state index contributed by atoms with van der Waals surface area (Å²) < 4.78 is 13.6. The van der Waals surface area contributed by atoms with Crippen LogP contribution in [0.5, 0.6) is 35.0 Å². The Labute approximate surface area is 793 Å². The Morgan fingerprint density at radius 3 is 1.18 bits per heavy atom. The number of carboxylic acid groups (broad SMARTS) is 6. The van der Waals surface area contributed by atoms with Crippen LogP contribution in [0.25, 0.3) is 34.2 Å². The van der Waals surface area contributed by atoms with Crippen molar-refractivity contribution in [1.82, 2.24) is 101 Å². The van der Waals surface area contributed by atoms with Crippen LogP contribution in [0.3, 0.4) is 0 Å². The summed E-state index contributed by atoms with van der Waals surface area (Å²) in [5.41, 5.74) is 4.36. The molecule has 8 amide bonds. The smallest absolute Gasteiger partial charge is 0.320 e. The van der Waals surface area contributed by atoms with Gasteiger partial charge in [-0.05, 0) is 96.2 Å².